The number of halogens is 1. The van der Waals surface area contributed by atoms with E-state index < -0.39 is 0 Å². The fourth-order valence-electron chi connectivity index (χ4n) is 3.27. The van der Waals surface area contributed by atoms with Gasteiger partial charge in [-0.2, -0.15) is 0 Å². The Morgan fingerprint density at radius 3 is 2.54 bits per heavy atom. The summed E-state index contributed by atoms with van der Waals surface area (Å²) in [5, 5.41) is 4.77. The van der Waals surface area contributed by atoms with Crippen molar-refractivity contribution in [1.29, 1.82) is 0 Å². The lowest BCUT2D eigenvalue weighted by Gasteiger charge is -2.26. The van der Waals surface area contributed by atoms with Crippen molar-refractivity contribution in [2.24, 2.45) is 0 Å². The molecular weight excluding hydrogens is 414 g/mol. The Morgan fingerprint density at radius 2 is 1.79 bits per heavy atom. The first-order chi connectivity index (χ1) is 13.8. The number of ether oxygens (including phenoxy) is 1. The topological polar surface area (TPSA) is 37.4 Å². The maximum Gasteiger partial charge on any atom is 0.0731 e. The van der Waals surface area contributed by atoms with Gasteiger partial charge in [-0.25, -0.2) is 4.98 Å². The molecule has 1 aliphatic rings. The first-order valence-corrected chi connectivity index (χ1v) is 10.8. The van der Waals surface area contributed by atoms with Crippen molar-refractivity contribution in [1.82, 2.24) is 9.88 Å². The molecule has 0 radical (unpaired) electrons. The molecule has 1 aliphatic heterocycles. The number of aromatic nitrogens is 1. The van der Waals surface area contributed by atoms with E-state index in [0.29, 0.717) is 0 Å². The van der Waals surface area contributed by atoms with Crippen LogP contribution in [0.1, 0.15) is 13.8 Å². The predicted molar refractivity (Wildman–Crippen MR) is 122 cm³/mol. The van der Waals surface area contributed by atoms with Gasteiger partial charge in [-0.05, 0) is 24.3 Å². The summed E-state index contributed by atoms with van der Waals surface area (Å²) in [5.74, 6) is 0. The zero-order valence-electron chi connectivity index (χ0n) is 16.6. The van der Waals surface area contributed by atoms with E-state index in [1.807, 2.05) is 38.1 Å². The lowest BCUT2D eigenvalue weighted by Crippen LogP contribution is -2.39. The summed E-state index contributed by atoms with van der Waals surface area (Å²) >= 11 is 3.58. The molecule has 4 rings (SSSR count). The summed E-state index contributed by atoms with van der Waals surface area (Å²) in [6, 6.07) is 18.7. The standard InChI is InChI=1S/C21H22BrN3O.C2H6/c22-17-6-7-19-18(14-17)21(23-8-9-25-10-12-26-13-11-25)15-20(24-19)16-4-2-1-3-5-16;1-2/h1-7,14-15H,8-13H2,(H,23,24);1-2H3. The van der Waals surface area contributed by atoms with E-state index in [9.17, 15) is 0 Å². The fraction of sp³-hybridized carbons (Fsp3) is 0.348. The van der Waals surface area contributed by atoms with Gasteiger partial charge in [0.05, 0.1) is 24.4 Å². The summed E-state index contributed by atoms with van der Waals surface area (Å²) in [5.41, 5.74) is 4.26. The molecule has 1 fully saturated rings. The van der Waals surface area contributed by atoms with Crippen molar-refractivity contribution in [2.45, 2.75) is 13.8 Å². The third kappa shape index (κ3) is 5.31. The quantitative estimate of drug-likeness (QED) is 0.572. The first kappa shape index (κ1) is 20.8. The monoisotopic (exact) mass is 441 g/mol. The van der Waals surface area contributed by atoms with E-state index in [0.717, 1.165) is 71.7 Å². The van der Waals surface area contributed by atoms with Gasteiger partial charge in [-0.1, -0.05) is 60.1 Å². The fourth-order valence-corrected chi connectivity index (χ4v) is 3.64. The van der Waals surface area contributed by atoms with Crippen LogP contribution in [-0.2, 0) is 4.74 Å². The highest BCUT2D eigenvalue weighted by Crippen LogP contribution is 2.30. The Balaban J connectivity index is 0.00000109. The van der Waals surface area contributed by atoms with Crippen LogP contribution in [0.25, 0.3) is 22.2 Å². The van der Waals surface area contributed by atoms with Crippen LogP contribution in [0.15, 0.2) is 59.1 Å². The van der Waals surface area contributed by atoms with Crippen LogP contribution in [0.2, 0.25) is 0 Å². The van der Waals surface area contributed by atoms with Crippen molar-refractivity contribution in [3.63, 3.8) is 0 Å². The maximum atomic E-state index is 5.42. The lowest BCUT2D eigenvalue weighted by atomic mass is 10.1. The highest BCUT2D eigenvalue weighted by Gasteiger charge is 2.11. The zero-order chi connectivity index (χ0) is 19.8. The van der Waals surface area contributed by atoms with Gasteiger partial charge in [0.1, 0.15) is 0 Å². The minimum atomic E-state index is 0.837. The van der Waals surface area contributed by atoms with Crippen LogP contribution in [0, 0.1) is 0 Å². The molecule has 2 aromatic carbocycles. The average molecular weight is 442 g/mol. The normalized spacial score (nSPS) is 14.4. The number of hydrogen-bond donors (Lipinski definition) is 1. The zero-order valence-corrected chi connectivity index (χ0v) is 18.2. The number of morpholine rings is 1. The Morgan fingerprint density at radius 1 is 1.04 bits per heavy atom. The summed E-state index contributed by atoms with van der Waals surface area (Å²) in [6.45, 7) is 9.62. The van der Waals surface area contributed by atoms with Crippen LogP contribution in [-0.4, -0.2) is 49.3 Å². The van der Waals surface area contributed by atoms with E-state index in [1.54, 1.807) is 0 Å². The molecule has 2 heterocycles. The van der Waals surface area contributed by atoms with E-state index >= 15 is 0 Å². The van der Waals surface area contributed by atoms with Crippen LogP contribution in [0.5, 0.6) is 0 Å². The van der Waals surface area contributed by atoms with E-state index in [2.05, 4.69) is 56.5 Å². The number of nitrogens with one attached hydrogen (secondary N) is 1. The molecule has 0 bridgehead atoms. The van der Waals surface area contributed by atoms with Crippen molar-refractivity contribution in [3.05, 3.63) is 59.1 Å². The molecule has 5 heteroatoms. The average Bonchev–Trinajstić information content (AvgIpc) is 2.76. The minimum Gasteiger partial charge on any atom is -0.383 e. The highest BCUT2D eigenvalue weighted by atomic mass is 79.9. The molecule has 28 heavy (non-hydrogen) atoms. The molecule has 0 saturated carbocycles. The van der Waals surface area contributed by atoms with Gasteiger partial charge >= 0.3 is 0 Å². The van der Waals surface area contributed by atoms with E-state index in [1.165, 1.54) is 0 Å². The molecule has 0 spiro atoms. The number of pyridine rings is 1. The van der Waals surface area contributed by atoms with Crippen LogP contribution >= 0.6 is 15.9 Å². The van der Waals surface area contributed by atoms with Gasteiger partial charge in [-0.15, -0.1) is 0 Å². The predicted octanol–water partition coefficient (Wildman–Crippen LogP) is 5.43. The maximum absolute atomic E-state index is 5.42. The van der Waals surface area contributed by atoms with Crippen molar-refractivity contribution < 1.29 is 4.74 Å². The molecular formula is C23H28BrN3O. The Bertz CT molecular complexity index is 880. The summed E-state index contributed by atoms with van der Waals surface area (Å²) in [7, 11) is 0. The molecule has 1 aromatic heterocycles. The lowest BCUT2D eigenvalue weighted by molar-refractivity contribution is 0.0398. The molecule has 1 saturated heterocycles. The Kier molecular flexibility index (Phi) is 7.83. The van der Waals surface area contributed by atoms with Gasteiger partial charge in [0.2, 0.25) is 0 Å². The molecule has 0 aliphatic carbocycles. The second-order valence-corrected chi connectivity index (χ2v) is 7.38. The Hall–Kier alpha value is -1.95. The molecule has 0 atom stereocenters. The van der Waals surface area contributed by atoms with Gasteiger partial charge in [-0.3, -0.25) is 4.90 Å². The van der Waals surface area contributed by atoms with Crippen LogP contribution in [0.3, 0.4) is 0 Å². The van der Waals surface area contributed by atoms with Crippen molar-refractivity contribution >= 4 is 32.5 Å². The molecule has 148 valence electrons. The van der Waals surface area contributed by atoms with E-state index in [4.69, 9.17) is 9.72 Å². The third-order valence-corrected chi connectivity index (χ3v) is 5.18. The van der Waals surface area contributed by atoms with Gasteiger partial charge in [0, 0.05) is 47.3 Å². The highest BCUT2D eigenvalue weighted by molar-refractivity contribution is 9.10. The first-order valence-electron chi connectivity index (χ1n) is 9.99. The summed E-state index contributed by atoms with van der Waals surface area (Å²) in [4.78, 5) is 7.30. The second-order valence-electron chi connectivity index (χ2n) is 6.46. The van der Waals surface area contributed by atoms with Crippen molar-refractivity contribution in [3.8, 4) is 11.3 Å². The van der Waals surface area contributed by atoms with Crippen LogP contribution < -0.4 is 5.32 Å². The molecule has 3 aromatic rings. The minimum absolute atomic E-state index is 0.837. The molecule has 1 N–H and O–H groups in total. The summed E-state index contributed by atoms with van der Waals surface area (Å²) < 4.78 is 6.49. The number of anilines is 1. The van der Waals surface area contributed by atoms with Crippen LogP contribution in [0.4, 0.5) is 5.69 Å². The largest absolute Gasteiger partial charge is 0.383 e. The van der Waals surface area contributed by atoms with Gasteiger partial charge in [0.25, 0.3) is 0 Å². The molecule has 0 amide bonds. The third-order valence-electron chi connectivity index (χ3n) is 4.69. The summed E-state index contributed by atoms with van der Waals surface area (Å²) in [6.07, 6.45) is 0. The Labute approximate surface area is 176 Å². The van der Waals surface area contributed by atoms with Gasteiger partial charge < -0.3 is 10.1 Å². The number of benzene rings is 2. The van der Waals surface area contributed by atoms with Gasteiger partial charge in [0.15, 0.2) is 0 Å². The number of rotatable bonds is 5. The number of hydrogen-bond acceptors (Lipinski definition) is 4. The van der Waals surface area contributed by atoms with Crippen molar-refractivity contribution in [2.75, 3.05) is 44.7 Å². The number of nitrogens with zero attached hydrogens (tertiary/aromatic N) is 2. The second kappa shape index (κ2) is 10.6. The smallest absolute Gasteiger partial charge is 0.0731 e. The molecule has 4 nitrogen and oxygen atoms in total. The number of fused-ring (bicyclic) bond motifs is 1. The molecule has 0 unspecified atom stereocenters. The van der Waals surface area contributed by atoms with E-state index in [-0.39, 0.29) is 0 Å². The SMILES string of the molecule is Brc1ccc2nc(-c3ccccc3)cc(NCCN3CCOCC3)c2c1.CC.